The third-order valence-electron chi connectivity index (χ3n) is 4.16. The Hall–Kier alpha value is -1.66. The predicted molar refractivity (Wildman–Crippen MR) is 84.3 cm³/mol. The topological polar surface area (TPSA) is 88.5 Å². The van der Waals surface area contributed by atoms with Crippen LogP contribution in [0, 0.1) is 0 Å². The fourth-order valence-corrected chi connectivity index (χ4v) is 2.93. The number of hydrogen-bond donors (Lipinski definition) is 2. The molecule has 21 heavy (non-hydrogen) atoms. The minimum Gasteiger partial charge on any atom is -0.369 e. The molecule has 1 amide bonds. The highest BCUT2D eigenvalue weighted by Crippen LogP contribution is 2.19. The zero-order valence-electron chi connectivity index (χ0n) is 12.7. The molecule has 0 bridgehead atoms. The predicted octanol–water partition coefficient (Wildman–Crippen LogP) is 0.430. The van der Waals surface area contributed by atoms with Gasteiger partial charge in [0.2, 0.25) is 0 Å². The van der Waals surface area contributed by atoms with Gasteiger partial charge >= 0.3 is 0 Å². The van der Waals surface area contributed by atoms with Gasteiger partial charge in [0.25, 0.3) is 5.91 Å². The van der Waals surface area contributed by atoms with E-state index in [1.165, 1.54) is 0 Å². The number of hydrogen-bond acceptors (Lipinski definition) is 5. The van der Waals surface area contributed by atoms with Crippen LogP contribution in [0.3, 0.4) is 0 Å². The van der Waals surface area contributed by atoms with E-state index in [1.807, 2.05) is 6.07 Å². The smallest absolute Gasteiger partial charge is 0.267 e. The third-order valence-corrected chi connectivity index (χ3v) is 4.16. The molecule has 1 atom stereocenters. The van der Waals surface area contributed by atoms with Gasteiger partial charge in [-0.05, 0) is 31.5 Å². The van der Waals surface area contributed by atoms with E-state index in [-0.39, 0.29) is 0 Å². The number of piperazine rings is 1. The first kappa shape index (κ1) is 15.7. The molecule has 6 nitrogen and oxygen atoms in total. The second kappa shape index (κ2) is 7.38. The van der Waals surface area contributed by atoms with Gasteiger partial charge in [0, 0.05) is 44.1 Å². The SMILES string of the molecule is CCC(CCN)N1CCN(c2ccnc(C(N)=O)c2)CC1. The molecule has 6 heteroatoms. The number of rotatable bonds is 6. The maximum atomic E-state index is 11.2. The molecule has 1 aromatic heterocycles. The highest BCUT2D eigenvalue weighted by Gasteiger charge is 2.22. The van der Waals surface area contributed by atoms with Crippen LogP contribution in [0.4, 0.5) is 5.69 Å². The standard InChI is InChI=1S/C15H25N5O/c1-2-12(3-5-16)19-7-9-20(10-8-19)13-4-6-18-14(11-13)15(17)21/h4,6,11-12H,2-3,5,7-10,16H2,1H3,(H2,17,21). The summed E-state index contributed by atoms with van der Waals surface area (Å²) in [5.74, 6) is -0.482. The third kappa shape index (κ3) is 3.92. The second-order valence-electron chi connectivity index (χ2n) is 5.43. The van der Waals surface area contributed by atoms with Gasteiger partial charge in [-0.3, -0.25) is 14.7 Å². The first-order chi connectivity index (χ1) is 10.2. The van der Waals surface area contributed by atoms with Crippen molar-refractivity contribution in [2.45, 2.75) is 25.8 Å². The molecule has 1 aliphatic rings. The molecule has 116 valence electrons. The van der Waals surface area contributed by atoms with Crippen molar-refractivity contribution in [3.63, 3.8) is 0 Å². The number of carbonyl (C=O) groups excluding carboxylic acids is 1. The molecule has 0 aliphatic carbocycles. The molecule has 1 aliphatic heterocycles. The van der Waals surface area contributed by atoms with Crippen molar-refractivity contribution < 1.29 is 4.79 Å². The number of nitrogens with zero attached hydrogens (tertiary/aromatic N) is 3. The summed E-state index contributed by atoms with van der Waals surface area (Å²) in [5, 5.41) is 0. The Morgan fingerprint density at radius 2 is 2.10 bits per heavy atom. The van der Waals surface area contributed by atoms with Crippen LogP contribution in [0.15, 0.2) is 18.3 Å². The summed E-state index contributed by atoms with van der Waals surface area (Å²) in [6.07, 6.45) is 3.83. The molecule has 1 fully saturated rings. The molecule has 2 heterocycles. The van der Waals surface area contributed by atoms with E-state index in [2.05, 4.69) is 21.7 Å². The van der Waals surface area contributed by atoms with Crippen molar-refractivity contribution in [2.75, 3.05) is 37.6 Å². The summed E-state index contributed by atoms with van der Waals surface area (Å²) in [5.41, 5.74) is 12.3. The minimum absolute atomic E-state index is 0.324. The van der Waals surface area contributed by atoms with Gasteiger partial charge in [-0.1, -0.05) is 6.92 Å². The number of primary amides is 1. The van der Waals surface area contributed by atoms with Gasteiger partial charge in [-0.15, -0.1) is 0 Å². The molecular weight excluding hydrogens is 266 g/mol. The minimum atomic E-state index is -0.482. The molecule has 2 rings (SSSR count). The summed E-state index contributed by atoms with van der Waals surface area (Å²) < 4.78 is 0. The molecule has 0 aromatic carbocycles. The molecule has 4 N–H and O–H groups in total. The van der Waals surface area contributed by atoms with Crippen LogP contribution in [-0.2, 0) is 0 Å². The Bertz CT molecular complexity index is 471. The van der Waals surface area contributed by atoms with E-state index < -0.39 is 5.91 Å². The fraction of sp³-hybridized carbons (Fsp3) is 0.600. The average molecular weight is 291 g/mol. The highest BCUT2D eigenvalue weighted by molar-refractivity contribution is 5.91. The molecule has 0 radical (unpaired) electrons. The van der Waals surface area contributed by atoms with E-state index >= 15 is 0 Å². The maximum Gasteiger partial charge on any atom is 0.267 e. The van der Waals surface area contributed by atoms with E-state index in [4.69, 9.17) is 11.5 Å². The van der Waals surface area contributed by atoms with Gasteiger partial charge in [0.1, 0.15) is 5.69 Å². The monoisotopic (exact) mass is 291 g/mol. The Labute approximate surface area is 126 Å². The van der Waals surface area contributed by atoms with Crippen molar-refractivity contribution in [3.8, 4) is 0 Å². The van der Waals surface area contributed by atoms with Gasteiger partial charge in [-0.25, -0.2) is 0 Å². The largest absolute Gasteiger partial charge is 0.369 e. The van der Waals surface area contributed by atoms with Crippen LogP contribution >= 0.6 is 0 Å². The Morgan fingerprint density at radius 1 is 1.38 bits per heavy atom. The van der Waals surface area contributed by atoms with Gasteiger partial charge in [0.05, 0.1) is 0 Å². The molecular formula is C15H25N5O. The summed E-state index contributed by atoms with van der Waals surface area (Å²) in [4.78, 5) is 20.0. The average Bonchev–Trinajstić information content (AvgIpc) is 2.53. The van der Waals surface area contributed by atoms with Crippen LogP contribution in [0.1, 0.15) is 30.3 Å². The van der Waals surface area contributed by atoms with Crippen LogP contribution in [0.5, 0.6) is 0 Å². The number of amides is 1. The van der Waals surface area contributed by atoms with Gasteiger partial charge in [-0.2, -0.15) is 0 Å². The van der Waals surface area contributed by atoms with E-state index in [1.54, 1.807) is 12.3 Å². The van der Waals surface area contributed by atoms with Crippen molar-refractivity contribution in [2.24, 2.45) is 11.5 Å². The van der Waals surface area contributed by atoms with Crippen molar-refractivity contribution in [3.05, 3.63) is 24.0 Å². The van der Waals surface area contributed by atoms with E-state index in [9.17, 15) is 4.79 Å². The first-order valence-corrected chi connectivity index (χ1v) is 7.60. The van der Waals surface area contributed by atoms with Crippen LogP contribution in [-0.4, -0.2) is 54.6 Å². The van der Waals surface area contributed by atoms with E-state index in [0.29, 0.717) is 11.7 Å². The number of carbonyl (C=O) groups is 1. The summed E-state index contributed by atoms with van der Waals surface area (Å²) in [6, 6.07) is 4.28. The molecule has 1 unspecified atom stereocenters. The summed E-state index contributed by atoms with van der Waals surface area (Å²) in [7, 11) is 0. The van der Waals surface area contributed by atoms with Crippen molar-refractivity contribution in [1.82, 2.24) is 9.88 Å². The number of anilines is 1. The summed E-state index contributed by atoms with van der Waals surface area (Å²) in [6.45, 7) is 6.89. The highest BCUT2D eigenvalue weighted by atomic mass is 16.1. The fourth-order valence-electron chi connectivity index (χ4n) is 2.93. The van der Waals surface area contributed by atoms with Crippen LogP contribution < -0.4 is 16.4 Å². The van der Waals surface area contributed by atoms with E-state index in [0.717, 1.165) is 51.3 Å². The maximum absolute atomic E-state index is 11.2. The van der Waals surface area contributed by atoms with Gasteiger partial charge in [0.15, 0.2) is 0 Å². The lowest BCUT2D eigenvalue weighted by Gasteiger charge is -2.40. The van der Waals surface area contributed by atoms with Crippen molar-refractivity contribution in [1.29, 1.82) is 0 Å². The van der Waals surface area contributed by atoms with Crippen LogP contribution in [0.2, 0.25) is 0 Å². The molecule has 0 spiro atoms. The quantitative estimate of drug-likeness (QED) is 0.793. The van der Waals surface area contributed by atoms with Crippen molar-refractivity contribution >= 4 is 11.6 Å². The number of aromatic nitrogens is 1. The Kier molecular flexibility index (Phi) is 5.52. The molecule has 1 aromatic rings. The lowest BCUT2D eigenvalue weighted by Crippen LogP contribution is -2.50. The van der Waals surface area contributed by atoms with Crippen LogP contribution in [0.25, 0.3) is 0 Å². The zero-order valence-corrected chi connectivity index (χ0v) is 12.7. The summed E-state index contributed by atoms with van der Waals surface area (Å²) >= 11 is 0. The van der Waals surface area contributed by atoms with Gasteiger partial charge < -0.3 is 16.4 Å². The lowest BCUT2D eigenvalue weighted by molar-refractivity contribution is 0.0995. The number of nitrogens with two attached hydrogens (primary N) is 2. The molecule has 1 saturated heterocycles. The molecule has 0 saturated carbocycles. The first-order valence-electron chi connectivity index (χ1n) is 7.60. The normalized spacial score (nSPS) is 17.7. The second-order valence-corrected chi connectivity index (χ2v) is 5.43. The Balaban J connectivity index is 1.97. The Morgan fingerprint density at radius 3 is 2.67 bits per heavy atom. The number of pyridine rings is 1. The zero-order chi connectivity index (χ0) is 15.2. The lowest BCUT2D eigenvalue weighted by atomic mass is 10.1.